The van der Waals surface area contributed by atoms with Crippen molar-refractivity contribution in [1.82, 2.24) is 5.32 Å². The first-order valence-electron chi connectivity index (χ1n) is 8.70. The van der Waals surface area contributed by atoms with E-state index in [1.165, 1.54) is 0 Å². The van der Waals surface area contributed by atoms with Crippen LogP contribution in [0.4, 0.5) is 0 Å². The van der Waals surface area contributed by atoms with E-state index in [9.17, 15) is 4.79 Å². The van der Waals surface area contributed by atoms with E-state index < -0.39 is 0 Å². The molecule has 0 saturated heterocycles. The van der Waals surface area contributed by atoms with Gasteiger partial charge in [-0.2, -0.15) is 0 Å². The Labute approximate surface area is 150 Å². The van der Waals surface area contributed by atoms with Crippen LogP contribution in [0, 0.1) is 0 Å². The number of ether oxygens (including phenoxy) is 2. The molecular formula is C21H27NO3. The SMILES string of the molecule is CC[C@H](NC(=O)COc1ccccc1C(C)C)c1ccc(OC)cc1. The van der Waals surface area contributed by atoms with E-state index in [1.807, 2.05) is 55.5 Å². The van der Waals surface area contributed by atoms with Crippen molar-refractivity contribution in [2.24, 2.45) is 0 Å². The summed E-state index contributed by atoms with van der Waals surface area (Å²) in [6.07, 6.45) is 0.806. The van der Waals surface area contributed by atoms with Crippen LogP contribution in [-0.4, -0.2) is 19.6 Å². The molecule has 0 spiro atoms. The number of amides is 1. The third kappa shape index (κ3) is 5.24. The first kappa shape index (κ1) is 18.8. The zero-order valence-electron chi connectivity index (χ0n) is 15.4. The molecule has 25 heavy (non-hydrogen) atoms. The molecule has 2 rings (SSSR count). The van der Waals surface area contributed by atoms with Crippen molar-refractivity contribution in [3.05, 3.63) is 59.7 Å². The van der Waals surface area contributed by atoms with E-state index in [4.69, 9.17) is 9.47 Å². The second-order valence-electron chi connectivity index (χ2n) is 6.28. The van der Waals surface area contributed by atoms with Crippen LogP contribution in [0.1, 0.15) is 50.3 Å². The average Bonchev–Trinajstić information content (AvgIpc) is 2.64. The number of para-hydroxylation sites is 1. The number of hydrogen-bond acceptors (Lipinski definition) is 3. The molecule has 1 amide bonds. The summed E-state index contributed by atoms with van der Waals surface area (Å²) in [5, 5.41) is 3.03. The Morgan fingerprint density at radius 2 is 1.76 bits per heavy atom. The van der Waals surface area contributed by atoms with Crippen LogP contribution in [0.5, 0.6) is 11.5 Å². The number of benzene rings is 2. The summed E-state index contributed by atoms with van der Waals surface area (Å²) in [5.41, 5.74) is 2.16. The van der Waals surface area contributed by atoms with E-state index in [2.05, 4.69) is 19.2 Å². The second kappa shape index (κ2) is 9.11. The van der Waals surface area contributed by atoms with E-state index in [0.717, 1.165) is 29.0 Å². The quantitative estimate of drug-likeness (QED) is 0.771. The Hall–Kier alpha value is -2.49. The Morgan fingerprint density at radius 3 is 2.36 bits per heavy atom. The lowest BCUT2D eigenvalue weighted by Gasteiger charge is -2.19. The first-order chi connectivity index (χ1) is 12.0. The molecule has 1 atom stereocenters. The summed E-state index contributed by atoms with van der Waals surface area (Å²) in [6, 6.07) is 15.6. The lowest BCUT2D eigenvalue weighted by molar-refractivity contribution is -0.123. The molecule has 2 aromatic rings. The minimum atomic E-state index is -0.124. The maximum atomic E-state index is 12.3. The smallest absolute Gasteiger partial charge is 0.258 e. The van der Waals surface area contributed by atoms with Gasteiger partial charge in [-0.1, -0.05) is 51.1 Å². The molecule has 0 fully saturated rings. The second-order valence-corrected chi connectivity index (χ2v) is 6.28. The van der Waals surface area contributed by atoms with Gasteiger partial charge in [-0.3, -0.25) is 4.79 Å². The lowest BCUT2D eigenvalue weighted by Crippen LogP contribution is -2.32. The predicted octanol–water partition coefficient (Wildman–Crippen LogP) is 4.46. The van der Waals surface area contributed by atoms with Gasteiger partial charge < -0.3 is 14.8 Å². The normalized spacial score (nSPS) is 11.9. The van der Waals surface area contributed by atoms with Gasteiger partial charge in [0.05, 0.1) is 13.2 Å². The number of methoxy groups -OCH3 is 1. The number of rotatable bonds is 8. The zero-order chi connectivity index (χ0) is 18.2. The molecule has 0 aromatic heterocycles. The van der Waals surface area contributed by atoms with Crippen molar-refractivity contribution in [3.63, 3.8) is 0 Å². The van der Waals surface area contributed by atoms with Gasteiger partial charge in [0.25, 0.3) is 5.91 Å². The summed E-state index contributed by atoms with van der Waals surface area (Å²) in [7, 11) is 1.64. The average molecular weight is 341 g/mol. The fourth-order valence-electron chi connectivity index (χ4n) is 2.73. The van der Waals surface area contributed by atoms with Gasteiger partial charge in [0.1, 0.15) is 11.5 Å². The highest BCUT2D eigenvalue weighted by atomic mass is 16.5. The van der Waals surface area contributed by atoms with Crippen LogP contribution in [0.25, 0.3) is 0 Å². The van der Waals surface area contributed by atoms with Gasteiger partial charge in [-0.05, 0) is 41.7 Å². The Bertz CT molecular complexity index is 680. The van der Waals surface area contributed by atoms with Crippen molar-refractivity contribution < 1.29 is 14.3 Å². The molecule has 0 aliphatic heterocycles. The van der Waals surface area contributed by atoms with Crippen LogP contribution < -0.4 is 14.8 Å². The van der Waals surface area contributed by atoms with E-state index in [1.54, 1.807) is 7.11 Å². The van der Waals surface area contributed by atoms with Crippen molar-refractivity contribution >= 4 is 5.91 Å². The molecular weight excluding hydrogens is 314 g/mol. The standard InChI is InChI=1S/C21H27NO3/c1-5-19(16-10-12-17(24-4)13-11-16)22-21(23)14-25-20-9-7-6-8-18(20)15(2)3/h6-13,15,19H,5,14H2,1-4H3,(H,22,23)/t19-/m0/s1. The van der Waals surface area contributed by atoms with Crippen molar-refractivity contribution in [2.75, 3.05) is 13.7 Å². The number of carbonyl (C=O) groups is 1. The predicted molar refractivity (Wildman–Crippen MR) is 100 cm³/mol. The van der Waals surface area contributed by atoms with Gasteiger partial charge in [0.2, 0.25) is 0 Å². The summed E-state index contributed by atoms with van der Waals surface area (Å²) in [5.74, 6) is 1.80. The summed E-state index contributed by atoms with van der Waals surface area (Å²) in [6.45, 7) is 6.28. The number of nitrogens with one attached hydrogen (secondary N) is 1. The van der Waals surface area contributed by atoms with Crippen molar-refractivity contribution in [2.45, 2.75) is 39.2 Å². The topological polar surface area (TPSA) is 47.6 Å². The molecule has 0 aliphatic rings. The highest BCUT2D eigenvalue weighted by Crippen LogP contribution is 2.26. The Balaban J connectivity index is 1.96. The van der Waals surface area contributed by atoms with Gasteiger partial charge in [-0.15, -0.1) is 0 Å². The third-order valence-corrected chi connectivity index (χ3v) is 4.16. The lowest BCUT2D eigenvalue weighted by atomic mass is 10.0. The van der Waals surface area contributed by atoms with E-state index in [-0.39, 0.29) is 18.6 Å². The fraction of sp³-hybridized carbons (Fsp3) is 0.381. The number of carbonyl (C=O) groups excluding carboxylic acids is 1. The molecule has 4 heteroatoms. The monoisotopic (exact) mass is 341 g/mol. The van der Waals surface area contributed by atoms with Crippen LogP contribution in [0.2, 0.25) is 0 Å². The minimum Gasteiger partial charge on any atom is -0.497 e. The van der Waals surface area contributed by atoms with Crippen molar-refractivity contribution in [1.29, 1.82) is 0 Å². The Morgan fingerprint density at radius 1 is 1.08 bits per heavy atom. The molecule has 1 N–H and O–H groups in total. The molecule has 4 nitrogen and oxygen atoms in total. The maximum absolute atomic E-state index is 12.3. The summed E-state index contributed by atoms with van der Waals surface area (Å²) < 4.78 is 10.9. The molecule has 2 aromatic carbocycles. The zero-order valence-corrected chi connectivity index (χ0v) is 15.4. The third-order valence-electron chi connectivity index (χ3n) is 4.16. The molecule has 0 saturated carbocycles. The Kier molecular flexibility index (Phi) is 6.87. The van der Waals surface area contributed by atoms with Crippen LogP contribution in [-0.2, 0) is 4.79 Å². The highest BCUT2D eigenvalue weighted by molar-refractivity contribution is 5.78. The van der Waals surface area contributed by atoms with Gasteiger partial charge >= 0.3 is 0 Å². The highest BCUT2D eigenvalue weighted by Gasteiger charge is 2.14. The minimum absolute atomic E-state index is 0.0103. The van der Waals surface area contributed by atoms with Crippen molar-refractivity contribution in [3.8, 4) is 11.5 Å². The van der Waals surface area contributed by atoms with Gasteiger partial charge in [-0.25, -0.2) is 0 Å². The molecule has 0 unspecified atom stereocenters. The van der Waals surface area contributed by atoms with Crippen LogP contribution in [0.3, 0.4) is 0 Å². The van der Waals surface area contributed by atoms with Crippen LogP contribution >= 0.6 is 0 Å². The van der Waals surface area contributed by atoms with E-state index in [0.29, 0.717) is 5.92 Å². The van der Waals surface area contributed by atoms with Gasteiger partial charge in [0.15, 0.2) is 6.61 Å². The van der Waals surface area contributed by atoms with E-state index >= 15 is 0 Å². The molecule has 0 radical (unpaired) electrons. The van der Waals surface area contributed by atoms with Gasteiger partial charge in [0, 0.05) is 0 Å². The fourth-order valence-corrected chi connectivity index (χ4v) is 2.73. The largest absolute Gasteiger partial charge is 0.497 e. The van der Waals surface area contributed by atoms with Crippen LogP contribution in [0.15, 0.2) is 48.5 Å². The molecule has 0 heterocycles. The molecule has 134 valence electrons. The number of hydrogen-bond donors (Lipinski definition) is 1. The summed E-state index contributed by atoms with van der Waals surface area (Å²) in [4.78, 5) is 12.3. The maximum Gasteiger partial charge on any atom is 0.258 e. The molecule has 0 aliphatic carbocycles. The molecule has 0 bridgehead atoms. The summed E-state index contributed by atoms with van der Waals surface area (Å²) >= 11 is 0. The first-order valence-corrected chi connectivity index (χ1v) is 8.70.